The van der Waals surface area contributed by atoms with E-state index in [0.29, 0.717) is 73.4 Å². The number of amides is 5. The van der Waals surface area contributed by atoms with Crippen LogP contribution in [0.2, 0.25) is 10.0 Å². The number of rotatable bonds is 6. The van der Waals surface area contributed by atoms with Gasteiger partial charge in [0.15, 0.2) is 0 Å². The minimum atomic E-state index is -1.31. The molecule has 1 unspecified atom stereocenters. The Balaban J connectivity index is 0.815. The van der Waals surface area contributed by atoms with Gasteiger partial charge >= 0.3 is 5.69 Å². The Hall–Kier alpha value is -5.05. The van der Waals surface area contributed by atoms with Gasteiger partial charge in [0, 0.05) is 60.7 Å². The van der Waals surface area contributed by atoms with Crippen LogP contribution in [-0.2, 0) is 36.4 Å². The number of hydrogen-bond acceptors (Lipinski definition) is 7. The molecule has 4 N–H and O–H groups in total. The van der Waals surface area contributed by atoms with Crippen LogP contribution in [0, 0.1) is 11.7 Å². The summed E-state index contributed by atoms with van der Waals surface area (Å²) < 4.78 is 19.4. The molecule has 10 rings (SSSR count). The zero-order valence-electron chi connectivity index (χ0n) is 35.7. The Morgan fingerprint density at radius 3 is 2.33 bits per heavy atom. The van der Waals surface area contributed by atoms with Crippen LogP contribution in [0.5, 0.6) is 0 Å². The quantitative estimate of drug-likeness (QED) is 0.161. The highest BCUT2D eigenvalue weighted by Gasteiger charge is 2.72. The van der Waals surface area contributed by atoms with Gasteiger partial charge in [-0.1, -0.05) is 66.7 Å². The molecule has 4 aliphatic heterocycles. The molecule has 1 aromatic heterocycles. The van der Waals surface area contributed by atoms with Crippen LogP contribution in [0.4, 0.5) is 10.1 Å². The molecule has 64 heavy (non-hydrogen) atoms. The van der Waals surface area contributed by atoms with Gasteiger partial charge in [-0.2, -0.15) is 0 Å². The molecule has 336 valence electrons. The Morgan fingerprint density at radius 1 is 0.844 bits per heavy atom. The lowest BCUT2D eigenvalue weighted by atomic mass is 9.55. The second-order valence-electron chi connectivity index (χ2n) is 18.9. The zero-order valence-corrected chi connectivity index (χ0v) is 37.2. The number of likely N-dealkylation sites (tertiary alicyclic amines) is 1. The molecule has 5 amide bonds. The van der Waals surface area contributed by atoms with Crippen LogP contribution in [0.15, 0.2) is 59.4 Å². The predicted octanol–water partition coefficient (Wildman–Crippen LogP) is 6.49. The number of imide groups is 1. The highest BCUT2D eigenvalue weighted by Crippen LogP contribution is 2.63. The second-order valence-corrected chi connectivity index (χ2v) is 19.8. The number of fused-ring (bicyclic) bond motifs is 4. The molecular formula is C48H52Cl2FN7O6. The fraction of sp³-hybridized carbons (Fsp3) is 0.500. The molecule has 0 bridgehead atoms. The van der Waals surface area contributed by atoms with Crippen LogP contribution in [0.3, 0.4) is 0 Å². The highest BCUT2D eigenvalue weighted by atomic mass is 35.5. The lowest BCUT2D eigenvalue weighted by Crippen LogP contribution is -2.60. The minimum Gasteiger partial charge on any atom is -0.352 e. The van der Waals surface area contributed by atoms with Gasteiger partial charge in [0.2, 0.25) is 29.5 Å². The first-order valence-corrected chi connectivity index (χ1v) is 23.5. The maximum atomic E-state index is 16.3. The van der Waals surface area contributed by atoms with Gasteiger partial charge in [-0.05, 0) is 111 Å². The maximum absolute atomic E-state index is 16.3. The van der Waals surface area contributed by atoms with E-state index in [1.54, 1.807) is 35.9 Å². The number of nitrogens with one attached hydrogen (secondary N) is 4. The van der Waals surface area contributed by atoms with Crippen molar-refractivity contribution in [2.24, 2.45) is 13.0 Å². The van der Waals surface area contributed by atoms with Crippen molar-refractivity contribution in [3.8, 4) is 0 Å². The largest absolute Gasteiger partial charge is 0.352 e. The number of imidazole rings is 1. The molecule has 5 fully saturated rings. The molecule has 0 radical (unpaired) electrons. The number of halogens is 3. The Morgan fingerprint density at radius 2 is 1.59 bits per heavy atom. The predicted molar refractivity (Wildman–Crippen MR) is 240 cm³/mol. The molecule has 3 aromatic carbocycles. The molecule has 3 saturated heterocycles. The Kier molecular flexibility index (Phi) is 11.0. The fourth-order valence-corrected chi connectivity index (χ4v) is 12.9. The molecule has 16 heteroatoms. The summed E-state index contributed by atoms with van der Waals surface area (Å²) >= 11 is 12.8. The van der Waals surface area contributed by atoms with E-state index in [1.807, 2.05) is 29.2 Å². The summed E-state index contributed by atoms with van der Waals surface area (Å²) in [4.78, 5) is 83.1. The molecule has 4 atom stereocenters. The average molecular weight is 913 g/mol. The first-order valence-electron chi connectivity index (χ1n) is 22.8. The van der Waals surface area contributed by atoms with Crippen molar-refractivity contribution in [2.45, 2.75) is 124 Å². The number of hydrogen-bond donors (Lipinski definition) is 4. The van der Waals surface area contributed by atoms with Gasteiger partial charge in [-0.25, -0.2) is 9.18 Å². The first-order chi connectivity index (χ1) is 30.8. The minimum absolute atomic E-state index is 0.0767. The van der Waals surface area contributed by atoms with Gasteiger partial charge in [-0.15, -0.1) is 0 Å². The first kappa shape index (κ1) is 42.9. The van der Waals surface area contributed by atoms with Crippen molar-refractivity contribution in [1.29, 1.82) is 0 Å². The van der Waals surface area contributed by atoms with E-state index in [0.717, 1.165) is 43.2 Å². The number of nitrogens with zero attached hydrogens (tertiary/aromatic N) is 3. The molecule has 2 spiro atoms. The third-order valence-corrected chi connectivity index (χ3v) is 16.2. The Labute approximate surface area is 379 Å². The number of carbonyl (C=O) groups is 5. The number of anilines is 1. The molecule has 2 aliphatic carbocycles. The standard InChI is InChI=1S/C48H52Cl2FN7O6/c1-56-37-24-28(10-15-35(37)58(46(56)64)36-16-17-38(59)54-42(36)60)26-18-22-57(23-19-26)44(62)27-8-12-30(13-9-27)52-43(61)41-39(31-6-5-7-33(50)40(31)51)48(47(55-41)20-3-2-4-21-47)32-14-11-29(49)25-34(32)53-45(48)63/h5-7,10-11,14-15,24-27,30,36,39,41,55H,2-4,8-9,12-13,16-23H2,1H3,(H,52,61)(H,53,63)(H,54,59,60)/t27-,30-,36?,39-,41+,48+/m0/s1. The van der Waals surface area contributed by atoms with E-state index < -0.39 is 40.7 Å². The molecule has 5 heterocycles. The normalized spacial score (nSPS) is 28.1. The number of carbonyl (C=O) groups excluding carboxylic acids is 5. The summed E-state index contributed by atoms with van der Waals surface area (Å²) in [5.74, 6) is -2.79. The van der Waals surface area contributed by atoms with Gasteiger partial charge in [0.25, 0.3) is 0 Å². The fourth-order valence-electron chi connectivity index (χ4n) is 12.5. The third kappa shape index (κ3) is 6.80. The van der Waals surface area contributed by atoms with Crippen molar-refractivity contribution in [1.82, 2.24) is 30.0 Å². The average Bonchev–Trinajstić information content (AvgIpc) is 3.84. The number of piperidine rings is 2. The van der Waals surface area contributed by atoms with Crippen LogP contribution in [0.1, 0.15) is 118 Å². The summed E-state index contributed by atoms with van der Waals surface area (Å²) in [5.41, 5.74) is 1.48. The van der Waals surface area contributed by atoms with E-state index in [9.17, 15) is 28.8 Å². The van der Waals surface area contributed by atoms with Crippen LogP contribution < -0.4 is 27.0 Å². The van der Waals surface area contributed by atoms with Crippen molar-refractivity contribution in [3.63, 3.8) is 0 Å². The van der Waals surface area contributed by atoms with Crippen LogP contribution >= 0.6 is 23.2 Å². The van der Waals surface area contributed by atoms with Crippen molar-refractivity contribution < 1.29 is 28.4 Å². The summed E-state index contributed by atoms with van der Waals surface area (Å²) in [6.45, 7) is 1.21. The molecule has 2 saturated carbocycles. The van der Waals surface area contributed by atoms with Crippen LogP contribution in [-0.4, -0.2) is 74.3 Å². The lowest BCUT2D eigenvalue weighted by Gasteiger charge is -2.47. The SMILES string of the molecule is Cn1c(=O)n(C2CCC(=O)NC2=O)c2ccc(C3CCN(C(=O)[C@H]4CC[C@H](NC(=O)[C@@H]5NC6(CCCCC6)[C@@]6(C(=O)Nc7cc(Cl)ccc76)[C@H]5c5cccc(Cl)c5F)CC4)CC3)cc21. The third-order valence-electron chi connectivity index (χ3n) is 15.6. The topological polar surface area (TPSA) is 164 Å². The molecule has 13 nitrogen and oxygen atoms in total. The second kappa shape index (κ2) is 16.4. The lowest BCUT2D eigenvalue weighted by molar-refractivity contribution is -0.138. The van der Waals surface area contributed by atoms with Gasteiger partial charge < -0.3 is 15.5 Å². The highest BCUT2D eigenvalue weighted by molar-refractivity contribution is 6.31. The summed E-state index contributed by atoms with van der Waals surface area (Å²) in [7, 11) is 1.69. The maximum Gasteiger partial charge on any atom is 0.329 e. The zero-order chi connectivity index (χ0) is 44.7. The monoisotopic (exact) mass is 911 g/mol. The summed E-state index contributed by atoms with van der Waals surface area (Å²) in [5, 5.41) is 12.8. The molecule has 4 aromatic rings. The summed E-state index contributed by atoms with van der Waals surface area (Å²) in [6.07, 6.45) is 8.39. The smallest absolute Gasteiger partial charge is 0.329 e. The van der Waals surface area contributed by atoms with Gasteiger partial charge in [0.05, 0.1) is 22.1 Å². The van der Waals surface area contributed by atoms with E-state index in [2.05, 4.69) is 21.3 Å². The van der Waals surface area contributed by atoms with E-state index in [-0.39, 0.29) is 70.6 Å². The number of aromatic nitrogens is 2. The Bertz CT molecular complexity index is 2660. The van der Waals surface area contributed by atoms with E-state index >= 15 is 4.39 Å². The summed E-state index contributed by atoms with van der Waals surface area (Å²) in [6, 6.07) is 14.1. The van der Waals surface area contributed by atoms with E-state index in [4.69, 9.17) is 23.2 Å². The van der Waals surface area contributed by atoms with Crippen molar-refractivity contribution in [3.05, 3.63) is 97.6 Å². The van der Waals surface area contributed by atoms with Gasteiger partial charge in [0.1, 0.15) is 17.3 Å². The van der Waals surface area contributed by atoms with Crippen molar-refractivity contribution in [2.75, 3.05) is 18.4 Å². The molecule has 6 aliphatic rings. The van der Waals surface area contributed by atoms with Crippen LogP contribution in [0.25, 0.3) is 11.0 Å². The molecular weight excluding hydrogens is 860 g/mol. The number of benzene rings is 3. The van der Waals surface area contributed by atoms with Gasteiger partial charge in [-0.3, -0.25) is 43.7 Å². The van der Waals surface area contributed by atoms with E-state index in [1.165, 1.54) is 10.6 Å². The van der Waals surface area contributed by atoms with Crippen molar-refractivity contribution >= 4 is 69.5 Å². The number of aryl methyl sites for hydroxylation is 1.